The van der Waals surface area contributed by atoms with E-state index >= 15 is 4.39 Å². The van der Waals surface area contributed by atoms with Crippen molar-refractivity contribution in [2.24, 2.45) is 0 Å². The molecule has 9 nitrogen and oxygen atoms in total. The van der Waals surface area contributed by atoms with Gasteiger partial charge in [-0.15, -0.1) is 0 Å². The fourth-order valence-electron chi connectivity index (χ4n) is 5.28. The minimum absolute atomic E-state index is 0.00423. The van der Waals surface area contributed by atoms with Gasteiger partial charge in [0, 0.05) is 73.7 Å². The fraction of sp³-hybridized carbons (Fsp3) is 0.414. The number of dihydropyridines is 1. The monoisotopic (exact) mass is 587 g/mol. The molecule has 1 amide bonds. The standard InChI is InChI=1S/C29H33F4N7O2/c1-17-9-23(29(31,32)33)22(14-34-17)27(41)37-25-10-21(20-12-35-28(36-13-20)39-5-7-42-8-6-39)24(30)11-26(25)40-15-18(2)38(4)19(3)16-40/h9-14,18-19,34H,1,5-8,15-16H2,2-4H3,(H,37,41)/t18-,19+. The molecule has 2 atom stereocenters. The number of carbonyl (C=O) groups is 1. The highest BCUT2D eigenvalue weighted by Gasteiger charge is 2.40. The Labute approximate surface area is 241 Å². The average molecular weight is 588 g/mol. The zero-order chi connectivity index (χ0) is 30.2. The number of alkyl halides is 3. The van der Waals surface area contributed by atoms with E-state index < -0.39 is 29.0 Å². The van der Waals surface area contributed by atoms with Crippen LogP contribution >= 0.6 is 0 Å². The van der Waals surface area contributed by atoms with Crippen molar-refractivity contribution in [3.8, 4) is 11.1 Å². The molecule has 2 aromatic rings. The van der Waals surface area contributed by atoms with Crippen LogP contribution in [0.25, 0.3) is 11.1 Å². The van der Waals surface area contributed by atoms with Crippen LogP contribution in [0.1, 0.15) is 13.8 Å². The summed E-state index contributed by atoms with van der Waals surface area (Å²) < 4.78 is 62.5. The van der Waals surface area contributed by atoms with Crippen molar-refractivity contribution in [1.82, 2.24) is 20.2 Å². The van der Waals surface area contributed by atoms with Crippen molar-refractivity contribution in [3.05, 3.63) is 66.0 Å². The number of morpholine rings is 1. The third-order valence-corrected chi connectivity index (χ3v) is 7.84. The van der Waals surface area contributed by atoms with Gasteiger partial charge < -0.3 is 25.2 Å². The molecule has 3 aliphatic heterocycles. The summed E-state index contributed by atoms with van der Waals surface area (Å²) in [5, 5.41) is 5.21. The maximum absolute atomic E-state index is 15.7. The third-order valence-electron chi connectivity index (χ3n) is 7.84. The highest BCUT2D eigenvalue weighted by Crippen LogP contribution is 2.38. The van der Waals surface area contributed by atoms with Gasteiger partial charge in [0.2, 0.25) is 5.95 Å². The van der Waals surface area contributed by atoms with Crippen LogP contribution in [0.3, 0.4) is 0 Å². The molecule has 0 radical (unpaired) electrons. The van der Waals surface area contributed by atoms with E-state index in [-0.39, 0.29) is 29.0 Å². The topological polar surface area (TPSA) is 85.9 Å². The number of amides is 1. The second-order valence-electron chi connectivity index (χ2n) is 10.7. The third kappa shape index (κ3) is 6.12. The van der Waals surface area contributed by atoms with Crippen LogP contribution in [-0.4, -0.2) is 85.5 Å². The first kappa shape index (κ1) is 29.5. The first-order valence-corrected chi connectivity index (χ1v) is 13.6. The highest BCUT2D eigenvalue weighted by atomic mass is 19.4. The predicted molar refractivity (Wildman–Crippen MR) is 152 cm³/mol. The van der Waals surface area contributed by atoms with Crippen molar-refractivity contribution < 1.29 is 27.1 Å². The molecular weight excluding hydrogens is 554 g/mol. The number of halogens is 4. The number of rotatable bonds is 5. The molecule has 224 valence electrons. The van der Waals surface area contributed by atoms with Gasteiger partial charge in [0.05, 0.1) is 35.7 Å². The summed E-state index contributed by atoms with van der Waals surface area (Å²) in [7, 11) is 2.00. The molecular formula is C29H33F4N7O2. The lowest BCUT2D eigenvalue weighted by atomic mass is 10.0. The van der Waals surface area contributed by atoms with Crippen LogP contribution in [0.4, 0.5) is 34.9 Å². The van der Waals surface area contributed by atoms with Crippen LogP contribution in [0, 0.1) is 5.82 Å². The normalized spacial score (nSPS) is 21.9. The molecule has 0 unspecified atom stereocenters. The van der Waals surface area contributed by atoms with E-state index in [0.717, 1.165) is 12.3 Å². The molecule has 1 aromatic carbocycles. The Morgan fingerprint density at radius 3 is 2.36 bits per heavy atom. The number of nitrogens with zero attached hydrogens (tertiary/aromatic N) is 5. The maximum Gasteiger partial charge on any atom is 0.417 e. The molecule has 1 aromatic heterocycles. The molecule has 2 fully saturated rings. The summed E-state index contributed by atoms with van der Waals surface area (Å²) in [6.07, 6.45) is -0.0465. The smallest absolute Gasteiger partial charge is 0.378 e. The number of ether oxygens (including phenoxy) is 1. The molecule has 0 spiro atoms. The number of likely N-dealkylation sites (N-methyl/N-ethyl adjacent to an activating group) is 1. The highest BCUT2D eigenvalue weighted by molar-refractivity contribution is 6.09. The van der Waals surface area contributed by atoms with Crippen LogP contribution in [0.15, 0.2) is 60.2 Å². The Balaban J connectivity index is 1.52. The molecule has 42 heavy (non-hydrogen) atoms. The molecule has 5 rings (SSSR count). The maximum atomic E-state index is 15.7. The molecule has 4 heterocycles. The quantitative estimate of drug-likeness (QED) is 0.507. The van der Waals surface area contributed by atoms with E-state index in [1.807, 2.05) is 30.7 Å². The van der Waals surface area contributed by atoms with Gasteiger partial charge in [-0.25, -0.2) is 14.4 Å². The lowest BCUT2D eigenvalue weighted by Gasteiger charge is -2.44. The lowest BCUT2D eigenvalue weighted by Crippen LogP contribution is -2.55. The van der Waals surface area contributed by atoms with Gasteiger partial charge in [0.1, 0.15) is 5.82 Å². The number of hydrogen-bond acceptors (Lipinski definition) is 8. The average Bonchev–Trinajstić information content (AvgIpc) is 2.96. The van der Waals surface area contributed by atoms with Crippen molar-refractivity contribution in [3.63, 3.8) is 0 Å². The molecule has 0 aliphatic carbocycles. The summed E-state index contributed by atoms with van der Waals surface area (Å²) in [5.41, 5.74) is -0.722. The van der Waals surface area contributed by atoms with Crippen LogP contribution < -0.4 is 20.4 Å². The predicted octanol–water partition coefficient (Wildman–Crippen LogP) is 4.08. The van der Waals surface area contributed by atoms with E-state index in [0.29, 0.717) is 56.6 Å². The van der Waals surface area contributed by atoms with E-state index in [1.54, 1.807) is 0 Å². The Bertz CT molecular complexity index is 1410. The van der Waals surface area contributed by atoms with Gasteiger partial charge in [-0.2, -0.15) is 13.2 Å². The summed E-state index contributed by atoms with van der Waals surface area (Å²) in [4.78, 5) is 28.2. The number of nitrogens with one attached hydrogen (secondary N) is 2. The van der Waals surface area contributed by atoms with Gasteiger partial charge in [0.25, 0.3) is 5.91 Å². The van der Waals surface area contributed by atoms with Gasteiger partial charge in [-0.1, -0.05) is 6.58 Å². The van der Waals surface area contributed by atoms with E-state index in [1.165, 1.54) is 24.5 Å². The van der Waals surface area contributed by atoms with E-state index in [2.05, 4.69) is 32.1 Å². The Hall–Kier alpha value is -3.97. The largest absolute Gasteiger partial charge is 0.417 e. The van der Waals surface area contributed by atoms with Crippen molar-refractivity contribution in [1.29, 1.82) is 0 Å². The Morgan fingerprint density at radius 1 is 1.10 bits per heavy atom. The van der Waals surface area contributed by atoms with Gasteiger partial charge in [0.15, 0.2) is 0 Å². The summed E-state index contributed by atoms with van der Waals surface area (Å²) in [5.74, 6) is -1.08. The summed E-state index contributed by atoms with van der Waals surface area (Å²) in [6.45, 7) is 11.0. The number of aromatic nitrogens is 2. The zero-order valence-corrected chi connectivity index (χ0v) is 23.6. The molecule has 2 N–H and O–H groups in total. The first-order valence-electron chi connectivity index (χ1n) is 13.6. The number of hydrogen-bond donors (Lipinski definition) is 2. The minimum Gasteiger partial charge on any atom is -0.378 e. The first-order chi connectivity index (χ1) is 19.9. The molecule has 2 saturated heterocycles. The Morgan fingerprint density at radius 2 is 1.74 bits per heavy atom. The second-order valence-corrected chi connectivity index (χ2v) is 10.7. The van der Waals surface area contributed by atoms with Gasteiger partial charge in [-0.3, -0.25) is 9.69 Å². The molecule has 3 aliphatic rings. The van der Waals surface area contributed by atoms with Crippen molar-refractivity contribution in [2.45, 2.75) is 32.1 Å². The number of allylic oxidation sites excluding steroid dienone is 1. The lowest BCUT2D eigenvalue weighted by molar-refractivity contribution is -0.115. The summed E-state index contributed by atoms with van der Waals surface area (Å²) >= 11 is 0. The molecule has 0 saturated carbocycles. The van der Waals surface area contributed by atoms with E-state index in [4.69, 9.17) is 4.74 Å². The number of carbonyl (C=O) groups excluding carboxylic acids is 1. The van der Waals surface area contributed by atoms with Gasteiger partial charge >= 0.3 is 6.18 Å². The zero-order valence-electron chi connectivity index (χ0n) is 23.6. The molecule has 0 bridgehead atoms. The minimum atomic E-state index is -4.78. The van der Waals surface area contributed by atoms with Crippen LogP contribution in [0.5, 0.6) is 0 Å². The van der Waals surface area contributed by atoms with Crippen LogP contribution in [0.2, 0.25) is 0 Å². The van der Waals surface area contributed by atoms with E-state index in [9.17, 15) is 18.0 Å². The fourth-order valence-corrected chi connectivity index (χ4v) is 5.28. The number of piperazine rings is 1. The molecule has 13 heteroatoms. The number of anilines is 3. The second kappa shape index (κ2) is 11.7. The SMILES string of the molecule is C=C1C=C(C(F)(F)F)C(C(=O)Nc2cc(-c3cnc(N4CCOCC4)nc3)c(F)cc2N2C[C@@H](C)N(C)[C@@H](C)C2)=CN1. The van der Waals surface area contributed by atoms with Crippen LogP contribution in [-0.2, 0) is 9.53 Å². The summed E-state index contributed by atoms with van der Waals surface area (Å²) in [6, 6.07) is 2.95. The van der Waals surface area contributed by atoms with Gasteiger partial charge in [-0.05, 0) is 39.1 Å². The Kier molecular flexibility index (Phi) is 8.24. The van der Waals surface area contributed by atoms with Crippen molar-refractivity contribution in [2.75, 3.05) is 61.6 Å². The number of benzene rings is 1. The van der Waals surface area contributed by atoms with Crippen molar-refractivity contribution >= 4 is 23.2 Å².